The molecule has 7 atom stereocenters. The Bertz CT molecular complexity index is 1160. The fraction of sp³-hybridized carbons (Fsp3) is 0.333. The smallest absolute Gasteiger partial charge is 0.338 e. The minimum Gasteiger partial charge on any atom is -0.451 e. The zero-order valence-corrected chi connectivity index (χ0v) is 18.1. The maximum absolute atomic E-state index is 13.2. The molecule has 0 radical (unpaired) electrons. The summed E-state index contributed by atoms with van der Waals surface area (Å²) in [5, 5.41) is 0. The van der Waals surface area contributed by atoms with Gasteiger partial charge in [-0.2, -0.15) is 0 Å². The number of imide groups is 1. The van der Waals surface area contributed by atoms with Crippen molar-refractivity contribution in [2.24, 2.45) is 35.5 Å². The van der Waals surface area contributed by atoms with Crippen LogP contribution in [0.5, 0.6) is 0 Å². The molecule has 0 N–H and O–H groups in total. The molecule has 2 bridgehead atoms. The summed E-state index contributed by atoms with van der Waals surface area (Å²) in [6.07, 6.45) is 4.48. The number of nitrogens with zero attached hydrogens (tertiary/aromatic N) is 1. The van der Waals surface area contributed by atoms with E-state index < -0.39 is 12.1 Å². The van der Waals surface area contributed by atoms with Gasteiger partial charge >= 0.3 is 5.97 Å². The summed E-state index contributed by atoms with van der Waals surface area (Å²) in [6.45, 7) is 1.54. The summed E-state index contributed by atoms with van der Waals surface area (Å²) >= 11 is 0. The van der Waals surface area contributed by atoms with Gasteiger partial charge in [0, 0.05) is 5.56 Å². The maximum atomic E-state index is 13.2. The van der Waals surface area contributed by atoms with E-state index in [-0.39, 0.29) is 46.8 Å². The molecule has 33 heavy (non-hydrogen) atoms. The predicted molar refractivity (Wildman–Crippen MR) is 119 cm³/mol. The Morgan fingerprint density at radius 1 is 0.848 bits per heavy atom. The van der Waals surface area contributed by atoms with E-state index in [1.807, 2.05) is 6.07 Å². The Morgan fingerprint density at radius 2 is 1.42 bits per heavy atom. The first-order valence-corrected chi connectivity index (χ1v) is 11.4. The zero-order chi connectivity index (χ0) is 22.9. The van der Waals surface area contributed by atoms with Gasteiger partial charge in [-0.25, -0.2) is 4.79 Å². The molecule has 0 aromatic heterocycles. The predicted octanol–water partition coefficient (Wildman–Crippen LogP) is 3.67. The van der Waals surface area contributed by atoms with E-state index in [1.54, 1.807) is 36.4 Å². The monoisotopic (exact) mass is 441 g/mol. The number of ketones is 1. The number of hydrogen-bond donors (Lipinski definition) is 0. The third-order valence-corrected chi connectivity index (χ3v) is 7.74. The van der Waals surface area contributed by atoms with Gasteiger partial charge in [0.2, 0.25) is 17.6 Å². The standard InChI is InChI=1S/C27H23NO5/c1-14(24(29)15-5-3-2-4-6-15)33-27(32)16-7-9-17(10-8-16)28-25(30)22-18-11-12-19(21-13-20(18)21)23(22)26(28)31/h2-12,14,18-23H,13H2,1H3/t14-,18+,19+,20+,21+,22-,23+/m0/s1. The van der Waals surface area contributed by atoms with Crippen molar-refractivity contribution in [3.63, 3.8) is 0 Å². The van der Waals surface area contributed by atoms with Gasteiger partial charge in [-0.15, -0.1) is 0 Å². The number of amides is 2. The zero-order valence-electron chi connectivity index (χ0n) is 18.1. The number of carbonyl (C=O) groups excluding carboxylic acids is 4. The first-order valence-electron chi connectivity index (χ1n) is 11.4. The molecular formula is C27H23NO5. The van der Waals surface area contributed by atoms with E-state index in [0.29, 0.717) is 23.1 Å². The van der Waals surface area contributed by atoms with Crippen LogP contribution in [-0.4, -0.2) is 29.7 Å². The highest BCUT2D eigenvalue weighted by molar-refractivity contribution is 6.22. The third-order valence-electron chi connectivity index (χ3n) is 7.74. The number of hydrogen-bond acceptors (Lipinski definition) is 5. The normalized spacial score (nSPS) is 31.7. The van der Waals surface area contributed by atoms with Crippen molar-refractivity contribution in [1.82, 2.24) is 0 Å². The molecule has 0 unspecified atom stereocenters. The molecule has 5 aliphatic rings. The molecule has 2 aromatic rings. The number of anilines is 1. The summed E-state index contributed by atoms with van der Waals surface area (Å²) in [5.74, 6) is -0.248. The summed E-state index contributed by atoms with van der Waals surface area (Å²) in [4.78, 5) is 52.8. The third kappa shape index (κ3) is 3.00. The van der Waals surface area contributed by atoms with Gasteiger partial charge in [-0.3, -0.25) is 19.3 Å². The van der Waals surface area contributed by atoms with Gasteiger partial charge in [0.05, 0.1) is 23.1 Å². The van der Waals surface area contributed by atoms with Crippen LogP contribution in [0.1, 0.15) is 34.1 Å². The van der Waals surface area contributed by atoms with E-state index >= 15 is 0 Å². The minimum atomic E-state index is -0.932. The number of carbonyl (C=O) groups is 4. The molecule has 2 amide bonds. The number of benzene rings is 2. The number of esters is 1. The first kappa shape index (κ1) is 20.1. The lowest BCUT2D eigenvalue weighted by Crippen LogP contribution is -2.40. The Labute approximate surface area is 191 Å². The van der Waals surface area contributed by atoms with Crippen molar-refractivity contribution in [1.29, 1.82) is 0 Å². The fourth-order valence-electron chi connectivity index (χ4n) is 6.08. The topological polar surface area (TPSA) is 80.8 Å². The highest BCUT2D eigenvalue weighted by Crippen LogP contribution is 2.65. The summed E-state index contributed by atoms with van der Waals surface area (Å²) in [5.41, 5.74) is 1.20. The lowest BCUT2D eigenvalue weighted by atomic mass is 9.63. The average Bonchev–Trinajstić information content (AvgIpc) is 3.62. The van der Waals surface area contributed by atoms with Crippen molar-refractivity contribution in [2.75, 3.05) is 4.90 Å². The van der Waals surface area contributed by atoms with Crippen LogP contribution >= 0.6 is 0 Å². The highest BCUT2D eigenvalue weighted by Gasteiger charge is 2.67. The van der Waals surface area contributed by atoms with Crippen LogP contribution in [0.4, 0.5) is 5.69 Å². The number of Topliss-reactive ketones (excluding diaryl/α,β-unsaturated/α-hetero) is 1. The summed E-state index contributed by atoms with van der Waals surface area (Å²) in [6, 6.07) is 14.9. The molecule has 1 heterocycles. The molecule has 7 rings (SSSR count). The molecule has 1 aliphatic heterocycles. The van der Waals surface area contributed by atoms with Crippen LogP contribution < -0.4 is 4.90 Å². The quantitative estimate of drug-likeness (QED) is 0.306. The number of rotatable bonds is 5. The molecule has 6 nitrogen and oxygen atoms in total. The van der Waals surface area contributed by atoms with Crippen molar-refractivity contribution >= 4 is 29.3 Å². The van der Waals surface area contributed by atoms with E-state index in [9.17, 15) is 19.2 Å². The van der Waals surface area contributed by atoms with Gasteiger partial charge < -0.3 is 4.74 Å². The fourth-order valence-corrected chi connectivity index (χ4v) is 6.08. The van der Waals surface area contributed by atoms with Gasteiger partial charge in [-0.1, -0.05) is 42.5 Å². The second-order valence-electron chi connectivity index (χ2n) is 9.49. The van der Waals surface area contributed by atoms with E-state index in [0.717, 1.165) is 6.42 Å². The van der Waals surface area contributed by atoms with E-state index in [1.165, 1.54) is 24.0 Å². The second kappa shape index (κ2) is 7.24. The average molecular weight is 441 g/mol. The van der Waals surface area contributed by atoms with Crippen LogP contribution in [0.25, 0.3) is 0 Å². The number of allylic oxidation sites excluding steroid dienone is 2. The van der Waals surface area contributed by atoms with Gasteiger partial charge in [-0.05, 0) is 61.3 Å². The van der Waals surface area contributed by atoms with E-state index in [2.05, 4.69) is 12.2 Å². The Kier molecular flexibility index (Phi) is 4.41. The van der Waals surface area contributed by atoms with Crippen LogP contribution in [0.2, 0.25) is 0 Å². The van der Waals surface area contributed by atoms with E-state index in [4.69, 9.17) is 4.74 Å². The molecule has 166 valence electrons. The molecule has 1 saturated heterocycles. The highest BCUT2D eigenvalue weighted by atomic mass is 16.5. The summed E-state index contributed by atoms with van der Waals surface area (Å²) < 4.78 is 5.35. The Morgan fingerprint density at radius 3 is 2.00 bits per heavy atom. The lowest BCUT2D eigenvalue weighted by molar-refractivity contribution is -0.124. The Balaban J connectivity index is 1.17. The largest absolute Gasteiger partial charge is 0.451 e. The molecule has 6 heteroatoms. The Hall–Kier alpha value is -3.54. The van der Waals surface area contributed by atoms with Crippen molar-refractivity contribution in [3.05, 3.63) is 77.9 Å². The molecule has 0 spiro atoms. The molecular weight excluding hydrogens is 418 g/mol. The molecule has 3 fully saturated rings. The van der Waals surface area contributed by atoms with Crippen LogP contribution in [0, 0.1) is 35.5 Å². The minimum absolute atomic E-state index is 0.132. The van der Waals surface area contributed by atoms with Gasteiger partial charge in [0.1, 0.15) is 0 Å². The van der Waals surface area contributed by atoms with Crippen molar-refractivity contribution < 1.29 is 23.9 Å². The molecule has 2 aromatic carbocycles. The van der Waals surface area contributed by atoms with Crippen molar-refractivity contribution in [3.8, 4) is 0 Å². The molecule has 4 aliphatic carbocycles. The number of ether oxygens (including phenoxy) is 1. The van der Waals surface area contributed by atoms with Gasteiger partial charge in [0.25, 0.3) is 0 Å². The van der Waals surface area contributed by atoms with Crippen LogP contribution in [0.15, 0.2) is 66.7 Å². The SMILES string of the molecule is C[C@H](OC(=O)c1ccc(N2C(=O)[C@@H]3[C@@H]4C=C[C@H]([C@H]5C[C@H]45)[C@@H]3C2=O)cc1)C(=O)c1ccccc1. The van der Waals surface area contributed by atoms with Crippen LogP contribution in [0.3, 0.4) is 0 Å². The van der Waals surface area contributed by atoms with Crippen molar-refractivity contribution in [2.45, 2.75) is 19.4 Å². The van der Waals surface area contributed by atoms with Crippen LogP contribution in [-0.2, 0) is 14.3 Å². The van der Waals surface area contributed by atoms with Gasteiger partial charge in [0.15, 0.2) is 6.10 Å². The first-order chi connectivity index (χ1) is 16.0. The molecule has 2 saturated carbocycles. The second-order valence-corrected chi connectivity index (χ2v) is 9.49. The lowest BCUT2D eigenvalue weighted by Gasteiger charge is -2.37. The maximum Gasteiger partial charge on any atom is 0.338 e. The summed E-state index contributed by atoms with van der Waals surface area (Å²) in [7, 11) is 0.